The van der Waals surface area contributed by atoms with Crippen molar-refractivity contribution in [3.05, 3.63) is 46.0 Å². The summed E-state index contributed by atoms with van der Waals surface area (Å²) in [4.78, 5) is 24.7. The molecular formula is C18H17BrO6. The molecule has 0 aromatic heterocycles. The molecule has 132 valence electrons. The number of halogens is 1. The van der Waals surface area contributed by atoms with E-state index in [1.165, 1.54) is 6.08 Å². The Morgan fingerprint density at radius 1 is 1.20 bits per heavy atom. The SMILES string of the molecule is C[C@@H]1C[C@H]2O[C@@H]2/C=C\C=C\C(=O)Cc2c(Br)c(O)cc(O)c2C(=O)O1. The van der Waals surface area contributed by atoms with Crippen molar-refractivity contribution in [3.8, 4) is 11.5 Å². The van der Waals surface area contributed by atoms with E-state index in [9.17, 15) is 19.8 Å². The summed E-state index contributed by atoms with van der Waals surface area (Å²) >= 11 is 3.18. The van der Waals surface area contributed by atoms with E-state index >= 15 is 0 Å². The molecule has 0 radical (unpaired) electrons. The number of fused-ring (bicyclic) bond motifs is 2. The fourth-order valence-electron chi connectivity index (χ4n) is 2.78. The number of cyclic esters (lactones) is 1. The van der Waals surface area contributed by atoms with Crippen molar-refractivity contribution in [3.63, 3.8) is 0 Å². The average Bonchev–Trinajstić information content (AvgIpc) is 3.25. The number of phenolic OH excluding ortho intramolecular Hbond substituents is 2. The Balaban J connectivity index is 2.01. The number of ketones is 1. The molecule has 0 bridgehead atoms. The second-order valence-electron chi connectivity index (χ2n) is 6.06. The molecule has 25 heavy (non-hydrogen) atoms. The lowest BCUT2D eigenvalue weighted by Gasteiger charge is -2.16. The van der Waals surface area contributed by atoms with Crippen molar-refractivity contribution in [2.24, 2.45) is 0 Å². The third-order valence-corrected chi connectivity index (χ3v) is 4.95. The number of hydrogen-bond acceptors (Lipinski definition) is 6. The second-order valence-corrected chi connectivity index (χ2v) is 6.85. The number of carbonyl (C=O) groups is 2. The maximum absolute atomic E-state index is 12.5. The van der Waals surface area contributed by atoms with E-state index in [4.69, 9.17) is 9.47 Å². The molecule has 2 aliphatic heterocycles. The lowest BCUT2D eigenvalue weighted by atomic mass is 10.00. The Labute approximate surface area is 152 Å². The van der Waals surface area contributed by atoms with Gasteiger partial charge >= 0.3 is 5.97 Å². The largest absolute Gasteiger partial charge is 0.507 e. The molecule has 2 N–H and O–H groups in total. The first-order valence-electron chi connectivity index (χ1n) is 7.84. The summed E-state index contributed by atoms with van der Waals surface area (Å²) in [6.07, 6.45) is 6.39. The van der Waals surface area contributed by atoms with Crippen LogP contribution in [-0.2, 0) is 20.7 Å². The Bertz CT molecular complexity index is 782. The van der Waals surface area contributed by atoms with E-state index in [0.717, 1.165) is 6.07 Å². The molecule has 1 aromatic carbocycles. The summed E-state index contributed by atoms with van der Waals surface area (Å²) in [5, 5.41) is 20.0. The molecule has 0 unspecified atom stereocenters. The molecule has 2 aliphatic rings. The number of rotatable bonds is 0. The van der Waals surface area contributed by atoms with Crippen LogP contribution in [0.15, 0.2) is 34.8 Å². The molecule has 0 spiro atoms. The van der Waals surface area contributed by atoms with Gasteiger partial charge in [-0.1, -0.05) is 18.2 Å². The number of benzene rings is 1. The van der Waals surface area contributed by atoms with Gasteiger partial charge in [0.15, 0.2) is 5.78 Å². The summed E-state index contributed by atoms with van der Waals surface area (Å²) < 4.78 is 11.0. The van der Waals surface area contributed by atoms with Gasteiger partial charge in [-0.2, -0.15) is 0 Å². The van der Waals surface area contributed by atoms with Gasteiger partial charge in [0, 0.05) is 18.9 Å². The van der Waals surface area contributed by atoms with Crippen LogP contribution in [0.5, 0.6) is 11.5 Å². The number of carbonyl (C=O) groups excluding carboxylic acids is 2. The maximum Gasteiger partial charge on any atom is 0.342 e. The summed E-state index contributed by atoms with van der Waals surface area (Å²) in [7, 11) is 0. The van der Waals surface area contributed by atoms with Gasteiger partial charge in [-0.3, -0.25) is 4.79 Å². The zero-order valence-electron chi connectivity index (χ0n) is 13.4. The van der Waals surface area contributed by atoms with Crippen molar-refractivity contribution < 1.29 is 29.3 Å². The fraction of sp³-hybridized carbons (Fsp3) is 0.333. The number of aromatic hydroxyl groups is 2. The molecule has 1 fully saturated rings. The topological polar surface area (TPSA) is 96.4 Å². The van der Waals surface area contributed by atoms with Gasteiger partial charge in [0.2, 0.25) is 0 Å². The molecule has 0 aliphatic carbocycles. The van der Waals surface area contributed by atoms with Crippen molar-refractivity contribution in [2.75, 3.05) is 0 Å². The number of hydrogen-bond donors (Lipinski definition) is 2. The predicted molar refractivity (Wildman–Crippen MR) is 92.6 cm³/mol. The summed E-state index contributed by atoms with van der Waals surface area (Å²) in [6.45, 7) is 1.74. The quantitative estimate of drug-likeness (QED) is 0.506. The van der Waals surface area contributed by atoms with Crippen LogP contribution in [0.1, 0.15) is 29.3 Å². The molecule has 3 atom stereocenters. The van der Waals surface area contributed by atoms with Crippen LogP contribution in [0.25, 0.3) is 0 Å². The van der Waals surface area contributed by atoms with Gasteiger partial charge in [-0.25, -0.2) is 4.79 Å². The monoisotopic (exact) mass is 408 g/mol. The number of phenols is 2. The van der Waals surface area contributed by atoms with Gasteiger partial charge in [0.1, 0.15) is 29.3 Å². The third-order valence-electron chi connectivity index (χ3n) is 4.06. The molecule has 1 saturated heterocycles. The summed E-state index contributed by atoms with van der Waals surface area (Å²) in [5.41, 5.74) is 0.0603. The van der Waals surface area contributed by atoms with Gasteiger partial charge in [0.25, 0.3) is 0 Å². The number of epoxide rings is 1. The van der Waals surface area contributed by atoms with E-state index in [2.05, 4.69) is 15.9 Å². The molecule has 1 aromatic rings. The van der Waals surface area contributed by atoms with E-state index in [1.54, 1.807) is 19.1 Å². The zero-order valence-corrected chi connectivity index (χ0v) is 15.0. The zero-order chi connectivity index (χ0) is 18.1. The van der Waals surface area contributed by atoms with Crippen molar-refractivity contribution >= 4 is 27.7 Å². The molecular weight excluding hydrogens is 392 g/mol. The van der Waals surface area contributed by atoms with Crippen molar-refractivity contribution in [1.29, 1.82) is 0 Å². The van der Waals surface area contributed by atoms with E-state index in [0.29, 0.717) is 6.42 Å². The fourth-order valence-corrected chi connectivity index (χ4v) is 3.23. The van der Waals surface area contributed by atoms with Crippen LogP contribution in [0, 0.1) is 0 Å². The highest BCUT2D eigenvalue weighted by molar-refractivity contribution is 9.10. The lowest BCUT2D eigenvalue weighted by molar-refractivity contribution is -0.114. The normalized spacial score (nSPS) is 29.0. The average molecular weight is 409 g/mol. The third kappa shape index (κ3) is 3.93. The minimum absolute atomic E-state index is 0.0364. The molecule has 0 saturated carbocycles. The van der Waals surface area contributed by atoms with Crippen molar-refractivity contribution in [1.82, 2.24) is 0 Å². The predicted octanol–water partition coefficient (Wildman–Crippen LogP) is 2.80. The minimum atomic E-state index is -0.748. The summed E-state index contributed by atoms with van der Waals surface area (Å²) in [6, 6.07) is 1.04. The van der Waals surface area contributed by atoms with Gasteiger partial charge < -0.3 is 19.7 Å². The van der Waals surface area contributed by atoms with Gasteiger partial charge in [-0.15, -0.1) is 0 Å². The van der Waals surface area contributed by atoms with Gasteiger partial charge in [-0.05, 0) is 34.5 Å². The van der Waals surface area contributed by atoms with E-state index < -0.39 is 17.8 Å². The Morgan fingerprint density at radius 3 is 2.72 bits per heavy atom. The Morgan fingerprint density at radius 2 is 1.96 bits per heavy atom. The van der Waals surface area contributed by atoms with Crippen LogP contribution >= 0.6 is 15.9 Å². The molecule has 2 heterocycles. The van der Waals surface area contributed by atoms with Crippen LogP contribution in [0.4, 0.5) is 0 Å². The number of allylic oxidation sites excluding steroid dienone is 3. The maximum atomic E-state index is 12.5. The Hall–Kier alpha value is -2.12. The van der Waals surface area contributed by atoms with E-state index in [1.807, 2.05) is 6.08 Å². The van der Waals surface area contributed by atoms with Crippen molar-refractivity contribution in [2.45, 2.75) is 38.1 Å². The lowest BCUT2D eigenvalue weighted by Crippen LogP contribution is -2.19. The Kier molecular flexibility index (Phi) is 4.96. The highest BCUT2D eigenvalue weighted by atomic mass is 79.9. The van der Waals surface area contributed by atoms with E-state index in [-0.39, 0.29) is 45.8 Å². The second kappa shape index (κ2) is 7.01. The first-order chi connectivity index (χ1) is 11.9. The molecule has 6 nitrogen and oxygen atoms in total. The minimum Gasteiger partial charge on any atom is -0.507 e. The smallest absolute Gasteiger partial charge is 0.342 e. The van der Waals surface area contributed by atoms with Crippen LogP contribution in [0.2, 0.25) is 0 Å². The first kappa shape index (κ1) is 17.7. The molecule has 0 amide bonds. The highest BCUT2D eigenvalue weighted by Crippen LogP contribution is 2.38. The van der Waals surface area contributed by atoms with Crippen LogP contribution in [-0.4, -0.2) is 40.3 Å². The standard InChI is InChI=1S/C18H17BrO6/c1-9-6-15-14(25-15)5-3-2-4-10(20)7-11-16(18(23)24-9)12(21)8-13(22)17(11)19/h2-5,8-9,14-15,21-22H,6-7H2,1H3/b4-2+,5-3-/t9-,14-,15-/m1/s1. The molecule has 7 heteroatoms. The van der Waals surface area contributed by atoms with Crippen LogP contribution < -0.4 is 0 Å². The number of ether oxygens (including phenoxy) is 2. The van der Waals surface area contributed by atoms with Gasteiger partial charge in [0.05, 0.1) is 10.6 Å². The summed E-state index contributed by atoms with van der Waals surface area (Å²) in [5.74, 6) is -1.73. The number of esters is 1. The van der Waals surface area contributed by atoms with Crippen LogP contribution in [0.3, 0.4) is 0 Å². The molecule has 3 rings (SSSR count). The highest BCUT2D eigenvalue weighted by Gasteiger charge is 2.38. The first-order valence-corrected chi connectivity index (χ1v) is 8.63.